The molecular weight excluding hydrogens is 372 g/mol. The van der Waals surface area contributed by atoms with E-state index in [-0.39, 0.29) is 17.6 Å². The van der Waals surface area contributed by atoms with E-state index in [4.69, 9.17) is 4.42 Å². The summed E-state index contributed by atoms with van der Waals surface area (Å²) in [4.78, 5) is 35.8. The maximum Gasteiger partial charge on any atom is 0.330 e. The molecule has 29 heavy (non-hydrogen) atoms. The molecule has 9 heteroatoms. The van der Waals surface area contributed by atoms with E-state index in [1.54, 1.807) is 51.9 Å². The van der Waals surface area contributed by atoms with E-state index in [1.807, 2.05) is 22.9 Å². The minimum absolute atomic E-state index is 0.106. The highest BCUT2D eigenvalue weighted by Gasteiger charge is 2.32. The number of furan rings is 1. The molecule has 0 unspecified atom stereocenters. The number of hydrogen-bond acceptors (Lipinski definition) is 5. The van der Waals surface area contributed by atoms with Crippen LogP contribution in [0.25, 0.3) is 11.2 Å². The number of fused-ring (bicyclic) bond motifs is 1. The van der Waals surface area contributed by atoms with Crippen LogP contribution in [0.4, 0.5) is 0 Å². The highest BCUT2D eigenvalue weighted by Crippen LogP contribution is 2.25. The first-order valence-electron chi connectivity index (χ1n) is 9.47. The van der Waals surface area contributed by atoms with Gasteiger partial charge in [0.25, 0.3) is 5.91 Å². The first kappa shape index (κ1) is 17.5. The largest absolute Gasteiger partial charge is 0.454 e. The molecule has 1 aliphatic heterocycles. The van der Waals surface area contributed by atoms with Crippen LogP contribution in [0.15, 0.2) is 58.4 Å². The Morgan fingerprint density at radius 2 is 2.17 bits per heavy atom. The fourth-order valence-electron chi connectivity index (χ4n) is 3.95. The summed E-state index contributed by atoms with van der Waals surface area (Å²) in [7, 11) is 1.74. The number of hydrogen-bond donors (Lipinski definition) is 0. The van der Waals surface area contributed by atoms with E-state index in [0.29, 0.717) is 43.2 Å². The summed E-state index contributed by atoms with van der Waals surface area (Å²) in [5, 5.41) is 0. The first-order chi connectivity index (χ1) is 14.1. The van der Waals surface area contributed by atoms with Gasteiger partial charge in [-0.25, -0.2) is 14.8 Å². The molecule has 1 fully saturated rings. The lowest BCUT2D eigenvalue weighted by Crippen LogP contribution is -2.31. The van der Waals surface area contributed by atoms with E-state index in [2.05, 4.69) is 9.97 Å². The Hall–Kier alpha value is -3.62. The number of rotatable bonds is 4. The Bertz CT molecular complexity index is 1230. The van der Waals surface area contributed by atoms with Crippen LogP contribution in [0.1, 0.15) is 28.8 Å². The lowest BCUT2D eigenvalue weighted by molar-refractivity contribution is 0.0754. The molecule has 0 bridgehead atoms. The Morgan fingerprint density at radius 1 is 1.28 bits per heavy atom. The second-order valence-corrected chi connectivity index (χ2v) is 7.25. The highest BCUT2D eigenvalue weighted by atomic mass is 16.4. The van der Waals surface area contributed by atoms with Crippen LogP contribution in [-0.2, 0) is 13.6 Å². The molecule has 1 saturated heterocycles. The highest BCUT2D eigenvalue weighted by molar-refractivity contribution is 5.91. The average Bonchev–Trinajstić information content (AvgIpc) is 3.52. The molecule has 148 valence electrons. The molecule has 0 aromatic carbocycles. The third kappa shape index (κ3) is 2.95. The van der Waals surface area contributed by atoms with Crippen molar-refractivity contribution < 1.29 is 9.21 Å². The summed E-state index contributed by atoms with van der Waals surface area (Å²) in [5.74, 6) is 0.839. The predicted molar refractivity (Wildman–Crippen MR) is 105 cm³/mol. The zero-order valence-electron chi connectivity index (χ0n) is 15.9. The molecular formula is C20H20N6O3. The molecule has 0 saturated carbocycles. The van der Waals surface area contributed by atoms with Crippen molar-refractivity contribution in [3.63, 3.8) is 0 Å². The summed E-state index contributed by atoms with van der Waals surface area (Å²) in [6.45, 7) is 1.54. The summed E-state index contributed by atoms with van der Waals surface area (Å²) in [6, 6.07) is 7.09. The van der Waals surface area contributed by atoms with Crippen molar-refractivity contribution >= 4 is 17.1 Å². The maximum absolute atomic E-state index is 12.9. The van der Waals surface area contributed by atoms with Gasteiger partial charge in [-0.3, -0.25) is 13.9 Å². The van der Waals surface area contributed by atoms with Crippen molar-refractivity contribution in [3.8, 4) is 0 Å². The van der Waals surface area contributed by atoms with Gasteiger partial charge in [0.2, 0.25) is 0 Å². The Labute approximate surface area is 165 Å². The number of pyridine rings is 1. The van der Waals surface area contributed by atoms with Crippen molar-refractivity contribution in [1.29, 1.82) is 0 Å². The van der Waals surface area contributed by atoms with Crippen molar-refractivity contribution in [2.45, 2.75) is 19.0 Å². The van der Waals surface area contributed by atoms with E-state index in [9.17, 15) is 9.59 Å². The van der Waals surface area contributed by atoms with Gasteiger partial charge in [-0.2, -0.15) is 0 Å². The van der Waals surface area contributed by atoms with E-state index in [1.165, 1.54) is 0 Å². The van der Waals surface area contributed by atoms with Crippen LogP contribution < -0.4 is 5.69 Å². The molecule has 1 aliphatic rings. The number of aryl methyl sites for hydroxylation is 1. The van der Waals surface area contributed by atoms with Gasteiger partial charge in [0.1, 0.15) is 5.76 Å². The van der Waals surface area contributed by atoms with Crippen LogP contribution in [0.3, 0.4) is 0 Å². The van der Waals surface area contributed by atoms with Gasteiger partial charge < -0.3 is 13.9 Å². The van der Waals surface area contributed by atoms with Crippen molar-refractivity contribution in [2.75, 3.05) is 13.1 Å². The van der Waals surface area contributed by atoms with Gasteiger partial charge in [0, 0.05) is 38.7 Å². The molecule has 9 nitrogen and oxygen atoms in total. The van der Waals surface area contributed by atoms with Gasteiger partial charge in [-0.05, 0) is 30.7 Å². The normalized spacial score (nSPS) is 16.7. The number of nitrogens with zero attached hydrogens (tertiary/aromatic N) is 6. The SMILES string of the molecule is Cn1c(=O)n([C@H]2CCN(C(=O)c3ccc(Cn4ccnc4)o3)C2)c2ncccc21. The van der Waals surface area contributed by atoms with Crippen LogP contribution in [0.2, 0.25) is 0 Å². The number of likely N-dealkylation sites (tertiary alicyclic amines) is 1. The minimum Gasteiger partial charge on any atom is -0.454 e. The summed E-state index contributed by atoms with van der Waals surface area (Å²) in [5.41, 5.74) is 1.33. The fourth-order valence-corrected chi connectivity index (χ4v) is 3.95. The fraction of sp³-hybridized carbons (Fsp3) is 0.300. The van der Waals surface area contributed by atoms with Crippen molar-refractivity contribution in [3.05, 3.63) is 71.2 Å². The molecule has 1 amide bonds. The third-order valence-electron chi connectivity index (χ3n) is 5.43. The minimum atomic E-state index is -0.161. The van der Waals surface area contributed by atoms with Crippen LogP contribution in [-0.4, -0.2) is 47.6 Å². The Morgan fingerprint density at radius 3 is 3.00 bits per heavy atom. The second-order valence-electron chi connectivity index (χ2n) is 7.25. The zero-order valence-corrected chi connectivity index (χ0v) is 15.9. The standard InChI is InChI=1S/C20H20N6O3/c1-23-16-3-2-7-22-18(16)26(20(23)28)14-6-9-25(11-14)19(27)17-5-4-15(29-17)12-24-10-8-21-13-24/h2-5,7-8,10,13-14H,6,9,11-12H2,1H3/t14-/m0/s1. The number of aromatic nitrogens is 5. The quantitative estimate of drug-likeness (QED) is 0.527. The van der Waals surface area contributed by atoms with E-state index >= 15 is 0 Å². The molecule has 0 aliphatic carbocycles. The van der Waals surface area contributed by atoms with Gasteiger partial charge in [-0.15, -0.1) is 0 Å². The number of carbonyl (C=O) groups is 1. The van der Waals surface area contributed by atoms with Crippen LogP contribution >= 0.6 is 0 Å². The van der Waals surface area contributed by atoms with E-state index < -0.39 is 0 Å². The molecule has 4 aromatic rings. The number of carbonyl (C=O) groups excluding carboxylic acids is 1. The maximum atomic E-state index is 12.9. The predicted octanol–water partition coefficient (Wildman–Crippen LogP) is 1.66. The first-order valence-corrected chi connectivity index (χ1v) is 9.47. The summed E-state index contributed by atoms with van der Waals surface area (Å²) in [6.07, 6.45) is 7.62. The zero-order chi connectivity index (χ0) is 20.0. The molecule has 0 N–H and O–H groups in total. The molecule has 1 atom stereocenters. The molecule has 4 aromatic heterocycles. The summed E-state index contributed by atoms with van der Waals surface area (Å²) < 4.78 is 10.9. The number of amides is 1. The topological polar surface area (TPSA) is 91.1 Å². The van der Waals surface area contributed by atoms with Crippen molar-refractivity contribution in [1.82, 2.24) is 28.6 Å². The molecule has 0 radical (unpaired) electrons. The van der Waals surface area contributed by atoms with Gasteiger partial charge in [0.05, 0.1) is 24.4 Å². The average molecular weight is 392 g/mol. The van der Waals surface area contributed by atoms with Gasteiger partial charge in [0.15, 0.2) is 11.4 Å². The van der Waals surface area contributed by atoms with Gasteiger partial charge >= 0.3 is 5.69 Å². The lowest BCUT2D eigenvalue weighted by atomic mass is 10.2. The molecule has 5 rings (SSSR count). The van der Waals surface area contributed by atoms with Crippen LogP contribution in [0, 0.1) is 0 Å². The Balaban J connectivity index is 1.35. The second kappa shape index (κ2) is 6.77. The molecule has 5 heterocycles. The number of imidazole rings is 2. The Kier molecular flexibility index (Phi) is 4.08. The lowest BCUT2D eigenvalue weighted by Gasteiger charge is -2.15. The van der Waals surface area contributed by atoms with Gasteiger partial charge in [-0.1, -0.05) is 0 Å². The smallest absolute Gasteiger partial charge is 0.330 e. The van der Waals surface area contributed by atoms with Crippen molar-refractivity contribution in [2.24, 2.45) is 7.05 Å². The summed E-state index contributed by atoms with van der Waals surface area (Å²) >= 11 is 0. The monoisotopic (exact) mass is 392 g/mol. The molecule has 0 spiro atoms. The third-order valence-corrected chi connectivity index (χ3v) is 5.43. The van der Waals surface area contributed by atoms with Crippen LogP contribution in [0.5, 0.6) is 0 Å². The van der Waals surface area contributed by atoms with E-state index in [0.717, 1.165) is 5.52 Å².